The number of aliphatic hydroxyl groups excluding tert-OH is 5. The van der Waals surface area contributed by atoms with E-state index < -0.39 is 62.3 Å². The van der Waals surface area contributed by atoms with Crippen molar-refractivity contribution < 1.29 is 39.9 Å². The van der Waals surface area contributed by atoms with E-state index in [-0.39, 0.29) is 25.9 Å². The van der Waals surface area contributed by atoms with Gasteiger partial charge in [0.2, 0.25) is 0 Å². The van der Waals surface area contributed by atoms with Crippen molar-refractivity contribution in [1.29, 1.82) is 0 Å². The second-order valence-electron chi connectivity index (χ2n) is 6.93. The van der Waals surface area contributed by atoms with E-state index in [9.17, 15) is 39.9 Å². The zero-order valence-electron chi connectivity index (χ0n) is 17.4. The zero-order valence-corrected chi connectivity index (χ0v) is 19.6. The lowest BCUT2D eigenvalue weighted by Crippen LogP contribution is -2.42. The molecule has 1 atom stereocenters. The van der Waals surface area contributed by atoms with E-state index >= 15 is 0 Å². The van der Waals surface area contributed by atoms with Crippen LogP contribution in [0.25, 0.3) is 0 Å². The number of hydrogen-bond donors (Lipinski definition) is 8. The molecule has 11 nitrogen and oxygen atoms in total. The number of hydrogen-bond acceptors (Lipinski definition) is 8. The van der Waals surface area contributed by atoms with Crippen molar-refractivity contribution in [2.45, 2.75) is 39.0 Å². The molecular weight excluding hydrogens is 525 g/mol. The van der Waals surface area contributed by atoms with Gasteiger partial charge < -0.3 is 41.5 Å². The van der Waals surface area contributed by atoms with Gasteiger partial charge in [-0.3, -0.25) is 14.4 Å². The van der Waals surface area contributed by atoms with Crippen LogP contribution in [0.5, 0.6) is 0 Å². The minimum Gasteiger partial charge on any atom is -0.394 e. The lowest BCUT2D eigenvalue weighted by Gasteiger charge is -2.23. The third kappa shape index (κ3) is 6.57. The summed E-state index contributed by atoms with van der Waals surface area (Å²) in [5.41, 5.74) is 0.731. The Balaban J connectivity index is 3.66. The van der Waals surface area contributed by atoms with Gasteiger partial charge in [-0.05, 0) is 54.5 Å². The second-order valence-corrected chi connectivity index (χ2v) is 8.00. The summed E-state index contributed by atoms with van der Waals surface area (Å²) in [6, 6.07) is -1.88. The van der Waals surface area contributed by atoms with Gasteiger partial charge in [-0.25, -0.2) is 0 Å². The molecular formula is C19H28IN3O8. The molecule has 0 unspecified atom stereocenters. The fraction of sp³-hybridized carbons (Fsp3) is 0.526. The number of aliphatic hydroxyl groups is 5. The molecule has 1 aromatic carbocycles. The van der Waals surface area contributed by atoms with Crippen LogP contribution >= 0.6 is 22.6 Å². The fourth-order valence-corrected chi connectivity index (χ4v) is 3.97. The van der Waals surface area contributed by atoms with Crippen LogP contribution in [-0.4, -0.2) is 87.9 Å². The van der Waals surface area contributed by atoms with E-state index in [0.29, 0.717) is 5.56 Å². The molecule has 1 rings (SSSR count). The third-order valence-corrected chi connectivity index (χ3v) is 5.65. The number of carbonyl (C=O) groups is 3. The SMILES string of the molecule is Cc1c(NC(=O)[C@H](C)O)c(I)c(C(=O)NC(CO)CO)c(C)c1C(=O)NC(CO)CO. The molecule has 0 heterocycles. The lowest BCUT2D eigenvalue weighted by molar-refractivity contribution is -0.123. The van der Waals surface area contributed by atoms with Crippen LogP contribution in [-0.2, 0) is 4.79 Å². The Morgan fingerprint density at radius 2 is 1.26 bits per heavy atom. The Bertz CT molecular complexity index is 770. The molecule has 12 heteroatoms. The Morgan fingerprint density at radius 3 is 1.65 bits per heavy atom. The first-order chi connectivity index (χ1) is 14.5. The molecule has 0 bridgehead atoms. The highest BCUT2D eigenvalue weighted by molar-refractivity contribution is 14.1. The van der Waals surface area contributed by atoms with Gasteiger partial charge in [0.25, 0.3) is 17.7 Å². The Morgan fingerprint density at radius 1 is 0.839 bits per heavy atom. The molecule has 0 aromatic heterocycles. The van der Waals surface area contributed by atoms with Crippen LogP contribution in [0, 0.1) is 17.4 Å². The Hall–Kier alpha value is -1.84. The molecule has 0 aliphatic carbocycles. The maximum atomic E-state index is 12.9. The van der Waals surface area contributed by atoms with E-state index in [2.05, 4.69) is 16.0 Å². The van der Waals surface area contributed by atoms with Gasteiger partial charge in [0.05, 0.1) is 49.8 Å². The minimum atomic E-state index is -1.35. The quantitative estimate of drug-likeness (QED) is 0.159. The van der Waals surface area contributed by atoms with Crippen LogP contribution in [0.15, 0.2) is 0 Å². The Kier molecular flexibility index (Phi) is 10.8. The maximum absolute atomic E-state index is 12.9. The molecule has 0 saturated heterocycles. The van der Waals surface area contributed by atoms with Crippen molar-refractivity contribution in [3.63, 3.8) is 0 Å². The smallest absolute Gasteiger partial charge is 0.253 e. The molecule has 0 radical (unpaired) electrons. The summed E-state index contributed by atoms with van der Waals surface area (Å²) >= 11 is 1.82. The molecule has 1 aromatic rings. The zero-order chi connectivity index (χ0) is 23.9. The van der Waals surface area contributed by atoms with Crippen LogP contribution < -0.4 is 16.0 Å². The highest BCUT2D eigenvalue weighted by atomic mass is 127. The molecule has 174 valence electrons. The van der Waals surface area contributed by atoms with E-state index in [1.807, 2.05) is 22.6 Å². The summed E-state index contributed by atoms with van der Waals surface area (Å²) in [5.74, 6) is -2.14. The van der Waals surface area contributed by atoms with Gasteiger partial charge in [0, 0.05) is 9.13 Å². The van der Waals surface area contributed by atoms with Crippen molar-refractivity contribution >= 4 is 46.0 Å². The standard InChI is InChI=1S/C19H28IN3O8/c1-8-13(18(30)21-11(4-24)5-25)9(2)16(23-17(29)10(3)28)15(20)14(8)19(31)22-12(6-26)7-27/h10-12,24-28H,4-7H2,1-3H3,(H,21,30)(H,22,31)(H,23,29)/t10-/m0/s1. The van der Waals surface area contributed by atoms with E-state index in [0.717, 1.165) is 0 Å². The van der Waals surface area contributed by atoms with Gasteiger partial charge in [-0.2, -0.15) is 0 Å². The predicted octanol–water partition coefficient (Wildman–Crippen LogP) is -1.61. The Labute approximate surface area is 193 Å². The van der Waals surface area contributed by atoms with E-state index in [1.54, 1.807) is 6.92 Å². The van der Waals surface area contributed by atoms with Crippen molar-refractivity contribution in [1.82, 2.24) is 10.6 Å². The predicted molar refractivity (Wildman–Crippen MR) is 120 cm³/mol. The summed E-state index contributed by atoms with van der Waals surface area (Å²) in [7, 11) is 0. The molecule has 0 spiro atoms. The summed E-state index contributed by atoms with van der Waals surface area (Å²) in [6.45, 7) is 2.25. The first kappa shape index (κ1) is 27.2. The number of carbonyl (C=O) groups excluding carboxylic acids is 3. The molecule has 31 heavy (non-hydrogen) atoms. The summed E-state index contributed by atoms with van der Waals surface area (Å²) in [5, 5.41) is 54.0. The molecule has 0 aliphatic heterocycles. The average Bonchev–Trinajstić information content (AvgIpc) is 2.72. The highest BCUT2D eigenvalue weighted by Crippen LogP contribution is 2.33. The largest absolute Gasteiger partial charge is 0.394 e. The lowest BCUT2D eigenvalue weighted by atomic mass is 9.94. The third-order valence-electron chi connectivity index (χ3n) is 4.57. The first-order valence-electron chi connectivity index (χ1n) is 9.40. The fourth-order valence-electron chi connectivity index (χ4n) is 2.79. The normalized spacial score (nSPS) is 12.1. The molecule has 0 aliphatic rings. The second kappa shape index (κ2) is 12.3. The summed E-state index contributed by atoms with van der Waals surface area (Å²) < 4.78 is 0.283. The molecule has 3 amide bonds. The summed E-state index contributed by atoms with van der Waals surface area (Å²) in [4.78, 5) is 37.9. The first-order valence-corrected chi connectivity index (χ1v) is 10.5. The van der Waals surface area contributed by atoms with Gasteiger partial charge >= 0.3 is 0 Å². The van der Waals surface area contributed by atoms with Crippen LogP contribution in [0.4, 0.5) is 5.69 Å². The van der Waals surface area contributed by atoms with Gasteiger partial charge in [0.1, 0.15) is 6.10 Å². The number of anilines is 1. The van der Waals surface area contributed by atoms with Crippen LogP contribution in [0.1, 0.15) is 38.8 Å². The maximum Gasteiger partial charge on any atom is 0.253 e. The van der Waals surface area contributed by atoms with E-state index in [4.69, 9.17) is 0 Å². The number of benzene rings is 1. The number of halogens is 1. The van der Waals surface area contributed by atoms with Crippen LogP contribution in [0.2, 0.25) is 0 Å². The summed E-state index contributed by atoms with van der Waals surface area (Å²) in [6.07, 6.45) is -1.35. The van der Waals surface area contributed by atoms with Gasteiger partial charge in [-0.1, -0.05) is 0 Å². The van der Waals surface area contributed by atoms with Crippen LogP contribution in [0.3, 0.4) is 0 Å². The molecule has 8 N–H and O–H groups in total. The highest BCUT2D eigenvalue weighted by Gasteiger charge is 2.28. The molecule has 0 saturated carbocycles. The number of rotatable bonds is 10. The van der Waals surface area contributed by atoms with Crippen molar-refractivity contribution in [2.75, 3.05) is 31.7 Å². The van der Waals surface area contributed by atoms with Crippen molar-refractivity contribution in [2.24, 2.45) is 0 Å². The average molecular weight is 553 g/mol. The topological polar surface area (TPSA) is 188 Å². The van der Waals surface area contributed by atoms with Crippen molar-refractivity contribution in [3.05, 3.63) is 25.8 Å². The molecule has 0 fully saturated rings. The number of amides is 3. The monoisotopic (exact) mass is 553 g/mol. The van der Waals surface area contributed by atoms with E-state index in [1.165, 1.54) is 13.8 Å². The van der Waals surface area contributed by atoms with Gasteiger partial charge in [0.15, 0.2) is 0 Å². The minimum absolute atomic E-state index is 0.0219. The van der Waals surface area contributed by atoms with Crippen molar-refractivity contribution in [3.8, 4) is 0 Å². The number of nitrogens with one attached hydrogen (secondary N) is 3. The van der Waals surface area contributed by atoms with Gasteiger partial charge in [-0.15, -0.1) is 0 Å².